The molecule has 4 aromatic heterocycles. The topological polar surface area (TPSA) is 48.5 Å². The van der Waals surface area contributed by atoms with Crippen molar-refractivity contribution in [2.45, 2.75) is 0 Å². The van der Waals surface area contributed by atoms with Gasteiger partial charge < -0.3 is 4.57 Å². The van der Waals surface area contributed by atoms with Crippen molar-refractivity contribution in [2.24, 2.45) is 0 Å². The van der Waals surface area contributed by atoms with Crippen LogP contribution in [0.15, 0.2) is 164 Å². The average molecular weight is 680 g/mol. The summed E-state index contributed by atoms with van der Waals surface area (Å²) in [5.74, 6) is 0.128. The van der Waals surface area contributed by atoms with Crippen LogP contribution in [0.4, 0.5) is 0 Å². The van der Waals surface area contributed by atoms with Crippen LogP contribution in [0.2, 0.25) is 0 Å². The summed E-state index contributed by atoms with van der Waals surface area (Å²) >= 11 is 1.62. The standard InChI is InChI=1S/C45H27N5S/c1-3-14-28(15-4-1)43-46-44(35-21-13-25-39-40(35)34-20-9-12-24-38(34)51-39)48-45(47-43)50-37-23-11-8-19-31(37)33-27-26-32-30-18-7-10-22-36(30)49(41(32)42(33)50)29-16-5-2-6-17-29/h1-27H/i1D,2D,3D,4D,5D,6D,14D,15D,16D,17D. The molecule has 5 nitrogen and oxygen atoms in total. The summed E-state index contributed by atoms with van der Waals surface area (Å²) in [6.45, 7) is 0. The van der Waals surface area contributed by atoms with Crippen molar-refractivity contribution in [3.63, 3.8) is 0 Å². The molecule has 0 saturated carbocycles. The van der Waals surface area contributed by atoms with Gasteiger partial charge in [0.15, 0.2) is 11.6 Å². The number of aromatic nitrogens is 5. The number of hydrogen-bond acceptors (Lipinski definition) is 4. The van der Waals surface area contributed by atoms with Crippen LogP contribution >= 0.6 is 11.3 Å². The van der Waals surface area contributed by atoms with Crippen LogP contribution in [0.1, 0.15) is 13.7 Å². The van der Waals surface area contributed by atoms with Crippen molar-refractivity contribution in [1.82, 2.24) is 24.1 Å². The predicted molar refractivity (Wildman–Crippen MR) is 212 cm³/mol. The molecule has 0 spiro atoms. The Hall–Kier alpha value is -6.63. The van der Waals surface area contributed by atoms with Gasteiger partial charge in [-0.05, 0) is 36.4 Å². The summed E-state index contributed by atoms with van der Waals surface area (Å²) in [7, 11) is 0. The van der Waals surface area contributed by atoms with Crippen LogP contribution in [0, 0.1) is 0 Å². The van der Waals surface area contributed by atoms with E-state index < -0.39 is 48.3 Å². The quantitative estimate of drug-likeness (QED) is 0.186. The molecule has 0 N–H and O–H groups in total. The van der Waals surface area contributed by atoms with E-state index in [2.05, 4.69) is 0 Å². The van der Waals surface area contributed by atoms with Gasteiger partial charge in [-0.15, -0.1) is 11.3 Å². The Morgan fingerprint density at radius 3 is 1.80 bits per heavy atom. The first-order chi connectivity index (χ1) is 29.5. The number of para-hydroxylation sites is 3. The third-order valence-electron chi connectivity index (χ3n) is 9.37. The summed E-state index contributed by atoms with van der Waals surface area (Å²) < 4.78 is 92.9. The molecule has 11 aromatic rings. The molecule has 0 aliphatic carbocycles. The van der Waals surface area contributed by atoms with Crippen molar-refractivity contribution in [2.75, 3.05) is 0 Å². The number of fused-ring (bicyclic) bond motifs is 10. The zero-order chi connectivity index (χ0) is 42.2. The van der Waals surface area contributed by atoms with Crippen LogP contribution < -0.4 is 0 Å². The van der Waals surface area contributed by atoms with Gasteiger partial charge in [-0.1, -0.05) is 127 Å². The molecule has 0 aliphatic rings. The first kappa shape index (κ1) is 20.1. The van der Waals surface area contributed by atoms with E-state index in [1.807, 2.05) is 108 Å². The van der Waals surface area contributed by atoms with Crippen LogP contribution in [0.25, 0.3) is 98.2 Å². The monoisotopic (exact) mass is 679 g/mol. The van der Waals surface area contributed by atoms with Crippen molar-refractivity contribution in [1.29, 1.82) is 0 Å². The second kappa shape index (κ2) is 10.9. The van der Waals surface area contributed by atoms with Gasteiger partial charge in [0.25, 0.3) is 0 Å². The summed E-state index contributed by atoms with van der Waals surface area (Å²) in [6.07, 6.45) is 0. The highest BCUT2D eigenvalue weighted by Crippen LogP contribution is 2.43. The fourth-order valence-electron chi connectivity index (χ4n) is 7.32. The number of rotatable bonds is 4. The fourth-order valence-corrected chi connectivity index (χ4v) is 8.45. The summed E-state index contributed by atoms with van der Waals surface area (Å²) in [6, 6.07) is 28.1. The molecule has 4 heterocycles. The van der Waals surface area contributed by atoms with E-state index in [1.165, 1.54) is 0 Å². The maximum atomic E-state index is 9.13. The first-order valence-electron chi connectivity index (χ1n) is 21.2. The predicted octanol–water partition coefficient (Wildman–Crippen LogP) is 11.8. The molecular weight excluding hydrogens is 643 g/mol. The second-order valence-electron chi connectivity index (χ2n) is 12.1. The molecule has 11 rings (SSSR count). The maximum absolute atomic E-state index is 9.13. The molecule has 0 atom stereocenters. The van der Waals surface area contributed by atoms with Crippen LogP contribution in [-0.2, 0) is 0 Å². The van der Waals surface area contributed by atoms with E-state index in [1.54, 1.807) is 15.9 Å². The van der Waals surface area contributed by atoms with E-state index in [0.717, 1.165) is 41.7 Å². The molecule has 0 unspecified atom stereocenters. The van der Waals surface area contributed by atoms with Gasteiger partial charge in [0, 0.05) is 58.5 Å². The zero-order valence-corrected chi connectivity index (χ0v) is 27.3. The Kier molecular flexibility index (Phi) is 4.32. The minimum atomic E-state index is -0.548. The van der Waals surface area contributed by atoms with E-state index >= 15 is 0 Å². The second-order valence-corrected chi connectivity index (χ2v) is 13.2. The van der Waals surface area contributed by atoms with Gasteiger partial charge in [-0.2, -0.15) is 9.97 Å². The van der Waals surface area contributed by atoms with E-state index in [0.29, 0.717) is 27.6 Å². The zero-order valence-electron chi connectivity index (χ0n) is 36.5. The normalized spacial score (nSPS) is 14.7. The van der Waals surface area contributed by atoms with Crippen molar-refractivity contribution in [3.8, 4) is 34.4 Å². The minimum absolute atomic E-state index is 0.0336. The van der Waals surface area contributed by atoms with E-state index in [-0.39, 0.29) is 40.9 Å². The third-order valence-corrected chi connectivity index (χ3v) is 10.5. The molecule has 0 aliphatic heterocycles. The van der Waals surface area contributed by atoms with Crippen LogP contribution in [0.5, 0.6) is 0 Å². The molecular formula is C45H27N5S. The SMILES string of the molecule is [2H]c1c([2H])c([2H])c(-c2nc(-c3cccc4sc5ccccc5c34)nc(-n3c4ccccc4c4ccc5c6ccccc6n(-c6c([2H])c([2H])c([2H])c([2H])c6[2H])c5c43)n2)c([2H])c1[2H]. The molecule has 6 heteroatoms. The maximum Gasteiger partial charge on any atom is 0.238 e. The van der Waals surface area contributed by atoms with Crippen molar-refractivity contribution >= 4 is 75.1 Å². The average Bonchev–Trinajstić information content (AvgIpc) is 3.94. The van der Waals surface area contributed by atoms with Gasteiger partial charge in [-0.3, -0.25) is 4.57 Å². The Bertz CT molecular complexity index is 3690. The van der Waals surface area contributed by atoms with E-state index in [4.69, 9.17) is 28.7 Å². The summed E-state index contributed by atoms with van der Waals surface area (Å²) in [4.78, 5) is 15.1. The smallest absolute Gasteiger partial charge is 0.238 e. The molecule has 0 saturated heterocycles. The molecule has 51 heavy (non-hydrogen) atoms. The highest BCUT2D eigenvalue weighted by atomic mass is 32.1. The van der Waals surface area contributed by atoms with Crippen LogP contribution in [0.3, 0.4) is 0 Å². The number of thiophene rings is 1. The minimum Gasteiger partial charge on any atom is -0.307 e. The largest absolute Gasteiger partial charge is 0.307 e. The van der Waals surface area contributed by atoms with Crippen molar-refractivity contribution < 1.29 is 13.7 Å². The third kappa shape index (κ3) is 4.17. The Morgan fingerprint density at radius 1 is 0.471 bits per heavy atom. The van der Waals surface area contributed by atoms with Gasteiger partial charge in [0.2, 0.25) is 5.95 Å². The highest BCUT2D eigenvalue weighted by Gasteiger charge is 2.24. The van der Waals surface area contributed by atoms with Crippen molar-refractivity contribution in [3.05, 3.63) is 164 Å². The van der Waals surface area contributed by atoms with Gasteiger partial charge in [0.05, 0.1) is 35.8 Å². The fraction of sp³-hybridized carbons (Fsp3) is 0. The number of hydrogen-bond donors (Lipinski definition) is 0. The van der Waals surface area contributed by atoms with Gasteiger partial charge >= 0.3 is 0 Å². The lowest BCUT2D eigenvalue weighted by Crippen LogP contribution is -2.07. The molecule has 0 amide bonds. The van der Waals surface area contributed by atoms with E-state index in [9.17, 15) is 0 Å². The van der Waals surface area contributed by atoms with Gasteiger partial charge in [-0.25, -0.2) is 4.98 Å². The Morgan fingerprint density at radius 2 is 1.06 bits per heavy atom. The lowest BCUT2D eigenvalue weighted by Gasteiger charge is -2.13. The molecule has 0 fully saturated rings. The molecule has 0 bridgehead atoms. The lowest BCUT2D eigenvalue weighted by atomic mass is 10.1. The number of benzene rings is 7. The molecule has 7 aromatic carbocycles. The first-order valence-corrected chi connectivity index (χ1v) is 17.0. The highest BCUT2D eigenvalue weighted by molar-refractivity contribution is 7.25. The van der Waals surface area contributed by atoms with Gasteiger partial charge in [0.1, 0.15) is 0 Å². The summed E-state index contributed by atoms with van der Waals surface area (Å²) in [5.41, 5.74) is 2.74. The lowest BCUT2D eigenvalue weighted by molar-refractivity contribution is 0.954. The summed E-state index contributed by atoms with van der Waals surface area (Å²) in [5, 5.41) is 4.92. The van der Waals surface area contributed by atoms with Crippen LogP contribution in [-0.4, -0.2) is 24.1 Å². The Balaban J connectivity index is 1.35. The molecule has 0 radical (unpaired) electrons. The number of nitrogens with zero attached hydrogens (tertiary/aromatic N) is 5. The Labute approximate surface area is 310 Å². The molecule has 238 valence electrons.